The van der Waals surface area contributed by atoms with Crippen LogP contribution in [0.25, 0.3) is 0 Å². The predicted octanol–water partition coefficient (Wildman–Crippen LogP) is 12.1. The van der Waals surface area contributed by atoms with Crippen molar-refractivity contribution < 1.29 is 13.6 Å². The normalized spacial score (nSPS) is 19.5. The highest BCUT2D eigenvalue weighted by Gasteiger charge is 2.49. The van der Waals surface area contributed by atoms with Crippen molar-refractivity contribution in [3.8, 4) is 0 Å². The highest BCUT2D eigenvalue weighted by atomic mass is 32.2. The zero-order valence-corrected chi connectivity index (χ0v) is 32.1. The topological polar surface area (TPSA) is 27.7 Å². The second-order valence-electron chi connectivity index (χ2n) is 14.4. The van der Waals surface area contributed by atoms with Crippen LogP contribution < -0.4 is 0 Å². The molecule has 1 aliphatic heterocycles. The first-order valence-electron chi connectivity index (χ1n) is 16.8. The number of hydrogen-bond donors (Lipinski definition) is 0. The van der Waals surface area contributed by atoms with E-state index >= 15 is 0 Å². The molecule has 0 amide bonds. The quantitative estimate of drug-likeness (QED) is 0.0970. The molecule has 1 aromatic carbocycles. The average molecular weight is 633 g/mol. The van der Waals surface area contributed by atoms with E-state index in [4.69, 9.17) is 13.6 Å². The fourth-order valence-corrected chi connectivity index (χ4v) is 19.8. The van der Waals surface area contributed by atoms with Crippen molar-refractivity contribution in [2.75, 3.05) is 6.61 Å². The maximum Gasteiger partial charge on any atom is 0.200 e. The van der Waals surface area contributed by atoms with E-state index in [2.05, 4.69) is 139 Å². The number of hydrogen-bond acceptors (Lipinski definition) is 4. The summed E-state index contributed by atoms with van der Waals surface area (Å²) < 4.78 is 21.1. The molecule has 240 valence electrons. The first kappa shape index (κ1) is 37.4. The van der Waals surface area contributed by atoms with Gasteiger partial charge in [0.15, 0.2) is 13.4 Å². The van der Waals surface area contributed by atoms with Crippen molar-refractivity contribution in [2.24, 2.45) is 5.92 Å². The minimum atomic E-state index is -2.10. The Hall–Kier alpha value is -0.796. The Morgan fingerprint density at radius 2 is 1.31 bits per heavy atom. The molecule has 0 unspecified atom stereocenters. The minimum Gasteiger partial charge on any atom is -0.481 e. The van der Waals surface area contributed by atoms with Crippen LogP contribution in [0.4, 0.5) is 0 Å². The van der Waals surface area contributed by atoms with Crippen LogP contribution >= 0.6 is 11.8 Å². The summed E-state index contributed by atoms with van der Waals surface area (Å²) in [5, 5.41) is 1.01. The van der Waals surface area contributed by atoms with Gasteiger partial charge in [-0.3, -0.25) is 0 Å². The molecular formula is C36H64O3SSi2. The summed E-state index contributed by atoms with van der Waals surface area (Å²) >= 11 is 1.73. The molecule has 3 nitrogen and oxygen atoms in total. The summed E-state index contributed by atoms with van der Waals surface area (Å²) in [6.07, 6.45) is 9.88. The van der Waals surface area contributed by atoms with Gasteiger partial charge in [-0.25, -0.2) is 0 Å². The lowest BCUT2D eigenvalue weighted by atomic mass is 9.93. The Labute approximate surface area is 266 Å². The molecule has 42 heavy (non-hydrogen) atoms. The van der Waals surface area contributed by atoms with E-state index in [1.54, 1.807) is 11.8 Å². The number of thioether (sulfide) groups is 1. The van der Waals surface area contributed by atoms with Crippen LogP contribution in [-0.2, 0) is 13.6 Å². The van der Waals surface area contributed by atoms with E-state index in [1.807, 2.05) is 0 Å². The largest absolute Gasteiger partial charge is 0.481 e. The van der Waals surface area contributed by atoms with Gasteiger partial charge >= 0.3 is 0 Å². The summed E-state index contributed by atoms with van der Waals surface area (Å²) in [6.45, 7) is 31.6. The average Bonchev–Trinajstić information content (AvgIpc) is 2.90. The molecule has 0 aliphatic carbocycles. The molecule has 2 rings (SSSR count). The van der Waals surface area contributed by atoms with E-state index in [9.17, 15) is 0 Å². The molecule has 0 N–H and O–H groups in total. The lowest BCUT2D eigenvalue weighted by Crippen LogP contribution is -2.53. The van der Waals surface area contributed by atoms with Gasteiger partial charge in [0.1, 0.15) is 6.10 Å². The fraction of sp³-hybridized carbons (Fsp3) is 0.722. The molecule has 0 radical (unpaired) electrons. The Morgan fingerprint density at radius 3 is 1.81 bits per heavy atom. The monoisotopic (exact) mass is 632 g/mol. The second kappa shape index (κ2) is 17.0. The number of allylic oxidation sites excluding steroid dienone is 1. The first-order valence-corrected chi connectivity index (χ1v) is 21.9. The lowest BCUT2D eigenvalue weighted by Gasteiger charge is -2.47. The zero-order chi connectivity index (χ0) is 31.7. The van der Waals surface area contributed by atoms with Gasteiger partial charge in [0.25, 0.3) is 0 Å². The van der Waals surface area contributed by atoms with Gasteiger partial charge < -0.3 is 13.6 Å². The molecule has 0 bridgehead atoms. The third-order valence-electron chi connectivity index (χ3n) is 9.74. The third-order valence-corrected chi connectivity index (χ3v) is 23.0. The molecule has 1 heterocycles. The molecule has 0 aromatic heterocycles. The summed E-state index contributed by atoms with van der Waals surface area (Å²) in [4.78, 5) is 1.22. The predicted molar refractivity (Wildman–Crippen MR) is 190 cm³/mol. The van der Waals surface area contributed by atoms with Crippen LogP contribution in [0.15, 0.2) is 58.5 Å². The third kappa shape index (κ3) is 9.12. The van der Waals surface area contributed by atoms with Crippen LogP contribution in [0, 0.1) is 5.92 Å². The van der Waals surface area contributed by atoms with Crippen molar-refractivity contribution in [3.63, 3.8) is 0 Å². The lowest BCUT2D eigenvalue weighted by molar-refractivity contribution is -0.0268. The molecule has 0 spiro atoms. The van der Waals surface area contributed by atoms with Crippen LogP contribution in [0.3, 0.4) is 0 Å². The van der Waals surface area contributed by atoms with E-state index in [0.717, 1.165) is 31.0 Å². The number of rotatable bonds is 17. The van der Waals surface area contributed by atoms with E-state index in [-0.39, 0.29) is 12.2 Å². The SMILES string of the molecule is CC(C)[Si](OCC/C=C\C[C@@H](O[Si](C(C)C)(C(C)C)C(C)C)[C@@H]1OC(Sc2ccccc2)=CC[C@H]1C)(C(C)C)C(C)C. The van der Waals surface area contributed by atoms with E-state index in [0.29, 0.717) is 39.2 Å². The minimum absolute atomic E-state index is 0.0339. The van der Waals surface area contributed by atoms with Crippen LogP contribution in [0.2, 0.25) is 33.2 Å². The second-order valence-corrected chi connectivity index (χ2v) is 26.3. The van der Waals surface area contributed by atoms with Crippen LogP contribution in [-0.4, -0.2) is 35.4 Å². The van der Waals surface area contributed by atoms with Gasteiger partial charge in [0.2, 0.25) is 8.32 Å². The molecular weight excluding hydrogens is 569 g/mol. The fourth-order valence-electron chi connectivity index (χ4n) is 7.90. The van der Waals surface area contributed by atoms with Crippen molar-refractivity contribution in [1.29, 1.82) is 0 Å². The smallest absolute Gasteiger partial charge is 0.200 e. The molecule has 1 aliphatic rings. The maximum atomic E-state index is 7.49. The van der Waals surface area contributed by atoms with E-state index < -0.39 is 16.6 Å². The molecule has 1 aromatic rings. The van der Waals surface area contributed by atoms with Crippen LogP contribution in [0.1, 0.15) is 109 Å². The van der Waals surface area contributed by atoms with Gasteiger partial charge in [0, 0.05) is 11.5 Å². The van der Waals surface area contributed by atoms with Gasteiger partial charge in [-0.1, -0.05) is 132 Å². The molecule has 6 heteroatoms. The van der Waals surface area contributed by atoms with Gasteiger partial charge in [0.05, 0.1) is 6.10 Å². The highest BCUT2D eigenvalue weighted by Crippen LogP contribution is 2.46. The summed E-state index contributed by atoms with van der Waals surface area (Å²) in [7, 11) is -3.93. The number of benzene rings is 1. The Morgan fingerprint density at radius 1 is 0.786 bits per heavy atom. The summed E-state index contributed by atoms with van der Waals surface area (Å²) in [6, 6.07) is 10.6. The van der Waals surface area contributed by atoms with Gasteiger partial charge in [-0.2, -0.15) is 0 Å². The summed E-state index contributed by atoms with van der Waals surface area (Å²) in [5.41, 5.74) is 3.44. The Kier molecular flexibility index (Phi) is 15.2. The van der Waals surface area contributed by atoms with Crippen molar-refractivity contribution in [1.82, 2.24) is 0 Å². The van der Waals surface area contributed by atoms with Gasteiger partial charge in [-0.05, 0) is 76.6 Å². The van der Waals surface area contributed by atoms with Crippen LogP contribution in [0.5, 0.6) is 0 Å². The summed E-state index contributed by atoms with van der Waals surface area (Å²) in [5.74, 6) is 0.403. The first-order chi connectivity index (χ1) is 19.7. The Bertz CT molecular complexity index is 928. The number of ether oxygens (including phenoxy) is 1. The van der Waals surface area contributed by atoms with Crippen molar-refractivity contribution in [3.05, 3.63) is 53.7 Å². The van der Waals surface area contributed by atoms with Crippen molar-refractivity contribution in [2.45, 2.75) is 160 Å². The van der Waals surface area contributed by atoms with Gasteiger partial charge in [-0.15, -0.1) is 0 Å². The highest BCUT2D eigenvalue weighted by molar-refractivity contribution is 8.02. The molecule has 0 saturated heterocycles. The Balaban J connectivity index is 2.26. The molecule has 0 fully saturated rings. The van der Waals surface area contributed by atoms with Crippen molar-refractivity contribution >= 4 is 28.4 Å². The molecule has 0 saturated carbocycles. The standard InChI is InChI=1S/C36H64O3SSi2/c1-26(2)41(27(3)4,28(5)6)37-25-19-15-18-22-34(39-42(29(7)8,30(9)10)31(11)12)36-32(13)23-24-35(38-36)40-33-20-16-14-17-21-33/h14-18,20-21,24,26-32,34,36H,19,22-23,25H2,1-13H3/b18-15-/t32-,34-,36-/m1/s1. The maximum absolute atomic E-state index is 7.49. The zero-order valence-electron chi connectivity index (χ0n) is 29.3. The molecule has 3 atom stereocenters. The van der Waals surface area contributed by atoms with E-state index in [1.165, 1.54) is 4.90 Å².